The molecule has 1 heterocycles. The minimum absolute atomic E-state index is 0. The SMILES string of the molecule is Cl.NN1CCC(C(F)(F)F)C1. The minimum Gasteiger partial charge on any atom is -0.269 e. The Labute approximate surface area is 68.9 Å². The van der Waals surface area contributed by atoms with Crippen molar-refractivity contribution in [3.8, 4) is 0 Å². The second kappa shape index (κ2) is 3.60. The summed E-state index contributed by atoms with van der Waals surface area (Å²) < 4.78 is 35.6. The first-order valence-corrected chi connectivity index (χ1v) is 3.06. The van der Waals surface area contributed by atoms with Crippen LogP contribution in [0.4, 0.5) is 13.2 Å². The highest BCUT2D eigenvalue weighted by Crippen LogP contribution is 2.32. The van der Waals surface area contributed by atoms with Crippen molar-refractivity contribution in [3.63, 3.8) is 0 Å². The summed E-state index contributed by atoms with van der Waals surface area (Å²) in [4.78, 5) is 0. The fraction of sp³-hybridized carbons (Fsp3) is 1.00. The highest BCUT2D eigenvalue weighted by molar-refractivity contribution is 5.85. The lowest BCUT2D eigenvalue weighted by atomic mass is 10.1. The van der Waals surface area contributed by atoms with Gasteiger partial charge in [-0.05, 0) is 6.42 Å². The molecule has 0 amide bonds. The zero-order valence-electron chi connectivity index (χ0n) is 5.77. The number of rotatable bonds is 0. The molecule has 0 bridgehead atoms. The Bertz CT molecular complexity index is 127. The van der Waals surface area contributed by atoms with E-state index >= 15 is 0 Å². The maximum absolute atomic E-state index is 11.9. The van der Waals surface area contributed by atoms with Crippen LogP contribution in [-0.4, -0.2) is 24.3 Å². The molecule has 1 unspecified atom stereocenters. The topological polar surface area (TPSA) is 29.3 Å². The van der Waals surface area contributed by atoms with Crippen LogP contribution in [0.3, 0.4) is 0 Å². The summed E-state index contributed by atoms with van der Waals surface area (Å²) >= 11 is 0. The van der Waals surface area contributed by atoms with E-state index in [4.69, 9.17) is 5.84 Å². The molecule has 2 N–H and O–H groups in total. The summed E-state index contributed by atoms with van der Waals surface area (Å²) in [6, 6.07) is 0. The second-order valence-electron chi connectivity index (χ2n) is 2.52. The summed E-state index contributed by atoms with van der Waals surface area (Å²) in [6.45, 7) is 0.299. The van der Waals surface area contributed by atoms with Gasteiger partial charge in [-0.3, -0.25) is 5.84 Å². The van der Waals surface area contributed by atoms with Gasteiger partial charge >= 0.3 is 6.18 Å². The predicted molar refractivity (Wildman–Crippen MR) is 37.2 cm³/mol. The number of halogens is 4. The van der Waals surface area contributed by atoms with Crippen LogP contribution < -0.4 is 5.84 Å². The van der Waals surface area contributed by atoms with Crippen LogP contribution in [-0.2, 0) is 0 Å². The predicted octanol–water partition coefficient (Wildman–Crippen LogP) is 1.17. The molecule has 0 aromatic heterocycles. The van der Waals surface area contributed by atoms with E-state index in [1.807, 2.05) is 0 Å². The van der Waals surface area contributed by atoms with Gasteiger partial charge < -0.3 is 0 Å². The molecule has 68 valence electrons. The monoisotopic (exact) mass is 190 g/mol. The number of hydrazine groups is 1. The van der Waals surface area contributed by atoms with E-state index in [0.717, 1.165) is 0 Å². The van der Waals surface area contributed by atoms with Crippen molar-refractivity contribution in [2.45, 2.75) is 12.6 Å². The van der Waals surface area contributed by atoms with Crippen LogP contribution in [0.2, 0.25) is 0 Å². The van der Waals surface area contributed by atoms with E-state index in [-0.39, 0.29) is 25.4 Å². The van der Waals surface area contributed by atoms with Crippen molar-refractivity contribution in [1.29, 1.82) is 0 Å². The van der Waals surface area contributed by atoms with Gasteiger partial charge in [-0.25, -0.2) is 5.01 Å². The van der Waals surface area contributed by atoms with Gasteiger partial charge in [0.2, 0.25) is 0 Å². The molecule has 1 fully saturated rings. The first-order chi connectivity index (χ1) is 4.50. The van der Waals surface area contributed by atoms with Crippen molar-refractivity contribution in [1.82, 2.24) is 5.01 Å². The third-order valence-electron chi connectivity index (χ3n) is 1.68. The van der Waals surface area contributed by atoms with Crippen molar-refractivity contribution >= 4 is 12.4 Å². The van der Waals surface area contributed by atoms with Crippen LogP contribution in [0.15, 0.2) is 0 Å². The van der Waals surface area contributed by atoms with Gasteiger partial charge in [-0.1, -0.05) is 0 Å². The molecule has 0 aromatic carbocycles. The molecule has 0 radical (unpaired) electrons. The van der Waals surface area contributed by atoms with Crippen LogP contribution in [0, 0.1) is 5.92 Å². The lowest BCUT2D eigenvalue weighted by molar-refractivity contribution is -0.170. The summed E-state index contributed by atoms with van der Waals surface area (Å²) in [6.07, 6.45) is -3.92. The fourth-order valence-electron chi connectivity index (χ4n) is 1.05. The second-order valence-corrected chi connectivity index (χ2v) is 2.52. The summed E-state index contributed by atoms with van der Waals surface area (Å²) in [5.74, 6) is 3.94. The molecule has 1 aliphatic rings. The van der Waals surface area contributed by atoms with E-state index in [9.17, 15) is 13.2 Å². The molecule has 11 heavy (non-hydrogen) atoms. The molecule has 1 aliphatic heterocycles. The quantitative estimate of drug-likeness (QED) is 0.581. The summed E-state index contributed by atoms with van der Waals surface area (Å²) in [5, 5.41) is 1.21. The van der Waals surface area contributed by atoms with Crippen molar-refractivity contribution in [2.24, 2.45) is 11.8 Å². The van der Waals surface area contributed by atoms with Crippen molar-refractivity contribution < 1.29 is 13.2 Å². The fourth-order valence-corrected chi connectivity index (χ4v) is 1.05. The lowest BCUT2D eigenvalue weighted by Gasteiger charge is -2.13. The highest BCUT2D eigenvalue weighted by atomic mass is 35.5. The van der Waals surface area contributed by atoms with E-state index in [0.29, 0.717) is 6.54 Å². The van der Waals surface area contributed by atoms with Gasteiger partial charge in [0.25, 0.3) is 0 Å². The van der Waals surface area contributed by atoms with Crippen LogP contribution in [0.1, 0.15) is 6.42 Å². The summed E-state index contributed by atoms with van der Waals surface area (Å²) in [5.41, 5.74) is 0. The Kier molecular flexibility index (Phi) is 3.60. The Balaban J connectivity index is 0.000001000. The Morgan fingerprint density at radius 2 is 1.91 bits per heavy atom. The molecular weight excluding hydrogens is 181 g/mol. The normalized spacial score (nSPS) is 26.7. The maximum atomic E-state index is 11.9. The third-order valence-corrected chi connectivity index (χ3v) is 1.68. The van der Waals surface area contributed by atoms with E-state index < -0.39 is 12.1 Å². The van der Waals surface area contributed by atoms with Crippen LogP contribution in [0.25, 0.3) is 0 Å². The van der Waals surface area contributed by atoms with Crippen molar-refractivity contribution in [2.75, 3.05) is 13.1 Å². The molecule has 0 spiro atoms. The van der Waals surface area contributed by atoms with E-state index in [1.165, 1.54) is 5.01 Å². The third kappa shape index (κ3) is 2.84. The number of alkyl halides is 3. The average molecular weight is 191 g/mol. The molecule has 0 saturated carbocycles. The Morgan fingerprint density at radius 3 is 2.09 bits per heavy atom. The van der Waals surface area contributed by atoms with Gasteiger partial charge in [0.15, 0.2) is 0 Å². The number of nitrogens with two attached hydrogens (primary N) is 1. The van der Waals surface area contributed by atoms with Gasteiger partial charge in [0.1, 0.15) is 0 Å². The first-order valence-electron chi connectivity index (χ1n) is 3.06. The van der Waals surface area contributed by atoms with Crippen LogP contribution in [0.5, 0.6) is 0 Å². The van der Waals surface area contributed by atoms with Crippen LogP contribution >= 0.6 is 12.4 Å². The molecule has 1 atom stereocenters. The van der Waals surface area contributed by atoms with Gasteiger partial charge in [-0.15, -0.1) is 12.4 Å². The molecule has 6 heteroatoms. The molecule has 0 aromatic rings. The van der Waals surface area contributed by atoms with E-state index in [1.54, 1.807) is 0 Å². The molecule has 0 aliphatic carbocycles. The van der Waals surface area contributed by atoms with E-state index in [2.05, 4.69) is 0 Å². The Morgan fingerprint density at radius 1 is 1.36 bits per heavy atom. The smallest absolute Gasteiger partial charge is 0.269 e. The zero-order valence-corrected chi connectivity index (χ0v) is 6.58. The molecule has 2 nitrogen and oxygen atoms in total. The lowest BCUT2D eigenvalue weighted by Crippen LogP contribution is -2.31. The zero-order chi connectivity index (χ0) is 7.78. The number of hydrogen-bond acceptors (Lipinski definition) is 2. The standard InChI is InChI=1S/C5H9F3N2.ClH/c6-5(7,8)4-1-2-10(9)3-4;/h4H,1-3,9H2;1H. The maximum Gasteiger partial charge on any atom is 0.393 e. The highest BCUT2D eigenvalue weighted by Gasteiger charge is 2.42. The van der Waals surface area contributed by atoms with Crippen molar-refractivity contribution in [3.05, 3.63) is 0 Å². The molecule has 1 saturated heterocycles. The molecule has 1 rings (SSSR count). The average Bonchev–Trinajstić information content (AvgIpc) is 2.11. The largest absolute Gasteiger partial charge is 0.393 e. The van der Waals surface area contributed by atoms with Gasteiger partial charge in [0.05, 0.1) is 5.92 Å². The number of hydrogen-bond donors (Lipinski definition) is 1. The minimum atomic E-state index is -4.06. The van der Waals surface area contributed by atoms with Gasteiger partial charge in [0, 0.05) is 13.1 Å². The Hall–Kier alpha value is -0.0000000000000000555. The summed E-state index contributed by atoms with van der Waals surface area (Å²) in [7, 11) is 0. The van der Waals surface area contributed by atoms with Gasteiger partial charge in [-0.2, -0.15) is 13.2 Å². The molecular formula is C5H10ClF3N2. The number of nitrogens with zero attached hydrogens (tertiary/aromatic N) is 1. The first kappa shape index (κ1) is 11.0.